The van der Waals surface area contributed by atoms with E-state index < -0.39 is 22.8 Å². The highest BCUT2D eigenvalue weighted by Crippen LogP contribution is 2.26. The lowest BCUT2D eigenvalue weighted by atomic mass is 10.3. The quantitative estimate of drug-likeness (QED) is 0.533. The van der Waals surface area contributed by atoms with Crippen molar-refractivity contribution < 1.29 is 18.0 Å². The number of nitrogens with two attached hydrogens (primary N) is 1. The smallest absolute Gasteiger partial charge is 0.237 e. The Morgan fingerprint density at radius 2 is 2.16 bits per heavy atom. The van der Waals surface area contributed by atoms with Crippen LogP contribution >= 0.6 is 11.8 Å². The van der Waals surface area contributed by atoms with Gasteiger partial charge in [-0.2, -0.15) is 0 Å². The van der Waals surface area contributed by atoms with Crippen molar-refractivity contribution in [1.29, 1.82) is 0 Å². The molecule has 0 bridgehead atoms. The number of rotatable bonds is 5. The zero-order chi connectivity index (χ0) is 18.0. The molecule has 2 aromatic heterocycles. The van der Waals surface area contributed by atoms with Gasteiger partial charge in [-0.1, -0.05) is 11.8 Å². The largest absolute Gasteiger partial charge is 0.461 e. The fourth-order valence-corrected chi connectivity index (χ4v) is 2.74. The van der Waals surface area contributed by atoms with Gasteiger partial charge >= 0.3 is 0 Å². The van der Waals surface area contributed by atoms with Crippen molar-refractivity contribution in [3.05, 3.63) is 48.2 Å². The minimum absolute atomic E-state index is 0.107. The van der Waals surface area contributed by atoms with Gasteiger partial charge in [-0.25, -0.2) is 13.5 Å². The predicted molar refractivity (Wildman–Crippen MR) is 88.2 cm³/mol. The van der Waals surface area contributed by atoms with Gasteiger partial charge in [-0.05, 0) is 31.2 Å². The number of aromatic nitrogens is 3. The van der Waals surface area contributed by atoms with E-state index in [1.54, 1.807) is 19.1 Å². The average Bonchev–Trinajstić information content (AvgIpc) is 3.20. The van der Waals surface area contributed by atoms with Crippen LogP contribution in [0.1, 0.15) is 6.92 Å². The number of nitrogens with one attached hydrogen (secondary N) is 1. The highest BCUT2D eigenvalue weighted by atomic mass is 32.2. The van der Waals surface area contributed by atoms with Crippen molar-refractivity contribution in [1.82, 2.24) is 14.9 Å². The third kappa shape index (κ3) is 3.63. The third-order valence-corrected chi connectivity index (χ3v) is 4.30. The van der Waals surface area contributed by atoms with Crippen LogP contribution in [0, 0.1) is 11.6 Å². The highest BCUT2D eigenvalue weighted by Gasteiger charge is 2.21. The average molecular weight is 365 g/mol. The molecule has 1 atom stereocenters. The summed E-state index contributed by atoms with van der Waals surface area (Å²) in [6.45, 7) is 1.60. The summed E-state index contributed by atoms with van der Waals surface area (Å²) in [5.74, 6) is 4.60. The lowest BCUT2D eigenvalue weighted by Gasteiger charge is -2.12. The zero-order valence-electron chi connectivity index (χ0n) is 12.9. The number of anilines is 1. The van der Waals surface area contributed by atoms with E-state index in [2.05, 4.69) is 15.5 Å². The number of halogens is 2. The third-order valence-electron chi connectivity index (χ3n) is 3.25. The van der Waals surface area contributed by atoms with Crippen LogP contribution in [0.2, 0.25) is 0 Å². The molecule has 7 nitrogen and oxygen atoms in total. The van der Waals surface area contributed by atoms with Gasteiger partial charge in [-0.15, -0.1) is 10.2 Å². The molecule has 0 saturated carbocycles. The lowest BCUT2D eigenvalue weighted by Crippen LogP contribution is -2.24. The highest BCUT2D eigenvalue weighted by molar-refractivity contribution is 8.00. The standard InChI is InChI=1S/C15H13F2N5O2S/c1-8(14(23)19-11-5-4-9(16)7-10(11)17)25-15-21-20-13(22(15)18)12-3-2-6-24-12/h2-8H,18H2,1H3,(H,19,23). The normalized spacial score (nSPS) is 12.1. The van der Waals surface area contributed by atoms with Crippen LogP contribution in [0.5, 0.6) is 0 Å². The Bertz CT molecular complexity index is 897. The number of nitrogen functional groups attached to an aromatic ring is 1. The van der Waals surface area contributed by atoms with Crippen molar-refractivity contribution in [2.24, 2.45) is 0 Å². The lowest BCUT2D eigenvalue weighted by molar-refractivity contribution is -0.115. The number of amides is 1. The number of carbonyl (C=O) groups is 1. The summed E-state index contributed by atoms with van der Waals surface area (Å²) in [6, 6.07) is 6.27. The van der Waals surface area contributed by atoms with Crippen LogP contribution in [0.4, 0.5) is 14.5 Å². The Balaban J connectivity index is 1.69. The van der Waals surface area contributed by atoms with Crippen molar-refractivity contribution in [3.8, 4) is 11.6 Å². The van der Waals surface area contributed by atoms with E-state index in [-0.39, 0.29) is 10.8 Å². The second kappa shape index (κ2) is 6.93. The first kappa shape index (κ1) is 17.0. The van der Waals surface area contributed by atoms with Crippen molar-refractivity contribution in [3.63, 3.8) is 0 Å². The van der Waals surface area contributed by atoms with Gasteiger partial charge in [0.2, 0.25) is 16.9 Å². The Morgan fingerprint density at radius 3 is 2.84 bits per heavy atom. The Morgan fingerprint density at radius 1 is 1.36 bits per heavy atom. The first-order valence-electron chi connectivity index (χ1n) is 7.12. The molecule has 0 radical (unpaired) electrons. The number of carbonyl (C=O) groups excluding carboxylic acids is 1. The van der Waals surface area contributed by atoms with Crippen LogP contribution in [0.3, 0.4) is 0 Å². The summed E-state index contributed by atoms with van der Waals surface area (Å²) in [7, 11) is 0. The maximum Gasteiger partial charge on any atom is 0.237 e. The molecule has 0 aliphatic heterocycles. The molecule has 1 aromatic carbocycles. The number of hydrogen-bond acceptors (Lipinski definition) is 6. The summed E-state index contributed by atoms with van der Waals surface area (Å²) >= 11 is 1.04. The fraction of sp³-hybridized carbons (Fsp3) is 0.133. The van der Waals surface area contributed by atoms with Crippen LogP contribution in [0.15, 0.2) is 46.2 Å². The molecule has 1 unspecified atom stereocenters. The first-order valence-corrected chi connectivity index (χ1v) is 8.00. The molecule has 1 amide bonds. The van der Waals surface area contributed by atoms with Crippen LogP contribution in [-0.2, 0) is 4.79 Å². The topological polar surface area (TPSA) is 99.0 Å². The van der Waals surface area contributed by atoms with E-state index in [0.717, 1.165) is 23.9 Å². The predicted octanol–water partition coefficient (Wildman–Crippen LogP) is 2.65. The summed E-state index contributed by atoms with van der Waals surface area (Å²) < 4.78 is 32.9. The molecule has 0 fully saturated rings. The van der Waals surface area contributed by atoms with Gasteiger partial charge in [0.15, 0.2) is 5.76 Å². The molecule has 3 rings (SSSR count). The molecule has 0 saturated heterocycles. The van der Waals surface area contributed by atoms with E-state index in [1.165, 1.54) is 10.9 Å². The number of furan rings is 1. The monoisotopic (exact) mass is 365 g/mol. The maximum absolute atomic E-state index is 13.6. The summed E-state index contributed by atoms with van der Waals surface area (Å²) in [6.07, 6.45) is 1.48. The summed E-state index contributed by atoms with van der Waals surface area (Å²) in [5.41, 5.74) is -0.107. The minimum Gasteiger partial charge on any atom is -0.461 e. The van der Waals surface area contributed by atoms with E-state index in [0.29, 0.717) is 17.7 Å². The zero-order valence-corrected chi connectivity index (χ0v) is 13.8. The van der Waals surface area contributed by atoms with Gasteiger partial charge in [0.25, 0.3) is 0 Å². The SMILES string of the molecule is CC(Sc1nnc(-c2ccco2)n1N)C(=O)Nc1ccc(F)cc1F. The molecule has 0 aliphatic rings. The number of benzene rings is 1. The van der Waals surface area contributed by atoms with Gasteiger partial charge in [0.05, 0.1) is 17.2 Å². The first-order chi connectivity index (χ1) is 12.0. The second-order valence-corrected chi connectivity index (χ2v) is 6.33. The van der Waals surface area contributed by atoms with E-state index >= 15 is 0 Å². The van der Waals surface area contributed by atoms with Crippen molar-refractivity contribution in [2.45, 2.75) is 17.3 Å². The fourth-order valence-electron chi connectivity index (χ4n) is 1.97. The van der Waals surface area contributed by atoms with E-state index in [9.17, 15) is 13.6 Å². The van der Waals surface area contributed by atoms with Crippen LogP contribution in [0.25, 0.3) is 11.6 Å². The molecule has 0 aliphatic carbocycles. The number of hydrogen-bond donors (Lipinski definition) is 2. The molecule has 3 aromatic rings. The molecule has 10 heteroatoms. The second-order valence-electron chi connectivity index (χ2n) is 5.03. The number of thioether (sulfide) groups is 1. The van der Waals surface area contributed by atoms with Gasteiger partial charge in [0, 0.05) is 6.07 Å². The van der Waals surface area contributed by atoms with Gasteiger partial charge in [-0.3, -0.25) is 4.79 Å². The van der Waals surface area contributed by atoms with E-state index in [4.69, 9.17) is 10.3 Å². The molecule has 0 spiro atoms. The number of nitrogens with zero attached hydrogens (tertiary/aromatic N) is 3. The summed E-state index contributed by atoms with van der Waals surface area (Å²) in [5, 5.41) is 9.86. The molecule has 130 valence electrons. The van der Waals surface area contributed by atoms with E-state index in [1.807, 2.05) is 0 Å². The Hall–Kier alpha value is -2.88. The van der Waals surface area contributed by atoms with Gasteiger partial charge < -0.3 is 15.6 Å². The minimum atomic E-state index is -0.854. The molecule has 25 heavy (non-hydrogen) atoms. The maximum atomic E-state index is 13.6. The Labute approximate surface area is 145 Å². The van der Waals surface area contributed by atoms with Crippen LogP contribution < -0.4 is 11.2 Å². The van der Waals surface area contributed by atoms with Crippen molar-refractivity contribution >= 4 is 23.4 Å². The van der Waals surface area contributed by atoms with Crippen LogP contribution in [-0.4, -0.2) is 26.0 Å². The Kier molecular flexibility index (Phi) is 4.70. The molecular weight excluding hydrogens is 352 g/mol. The molecule has 2 heterocycles. The van der Waals surface area contributed by atoms with Gasteiger partial charge in [0.1, 0.15) is 11.6 Å². The molecular formula is C15H13F2N5O2S. The molecule has 3 N–H and O–H groups in total. The summed E-state index contributed by atoms with van der Waals surface area (Å²) in [4.78, 5) is 12.2. The van der Waals surface area contributed by atoms with Crippen molar-refractivity contribution in [2.75, 3.05) is 11.2 Å².